The molecule has 1 unspecified atom stereocenters. The summed E-state index contributed by atoms with van der Waals surface area (Å²) >= 11 is 0. The van der Waals surface area contributed by atoms with Gasteiger partial charge < -0.3 is 8.83 Å². The molecule has 97 heavy (non-hydrogen) atoms. The zero-order valence-corrected chi connectivity index (χ0v) is 60.7. The van der Waals surface area contributed by atoms with Gasteiger partial charge in [0.25, 0.3) is 0 Å². The molecule has 0 amide bonds. The molecule has 2 heteroatoms. The lowest BCUT2D eigenvalue weighted by molar-refractivity contribution is 0.368. The number of aryl methyl sites for hydroxylation is 2. The van der Waals surface area contributed by atoms with Crippen LogP contribution in [0.1, 0.15) is 288 Å². The van der Waals surface area contributed by atoms with Crippen molar-refractivity contribution in [3.05, 3.63) is 224 Å². The molecule has 0 radical (unpaired) electrons. The van der Waals surface area contributed by atoms with E-state index in [0.29, 0.717) is 0 Å². The van der Waals surface area contributed by atoms with E-state index in [0.717, 1.165) is 35.2 Å². The number of furan rings is 2. The maximum Gasteiger partial charge on any atom is 0.144 e. The van der Waals surface area contributed by atoms with E-state index in [1.807, 2.05) is 0 Å². The minimum atomic E-state index is -0.214. The van der Waals surface area contributed by atoms with Crippen LogP contribution < -0.4 is 0 Å². The van der Waals surface area contributed by atoms with Gasteiger partial charge in [-0.2, -0.15) is 0 Å². The maximum absolute atomic E-state index is 7.55. The minimum absolute atomic E-state index is 0.109. The van der Waals surface area contributed by atoms with Crippen molar-refractivity contribution < 1.29 is 8.83 Å². The average molecular weight is 1280 g/mol. The normalized spacial score (nSPS) is 15.6. The third-order valence-electron chi connectivity index (χ3n) is 25.2. The molecule has 9 aromatic carbocycles. The molecule has 0 bridgehead atoms. The van der Waals surface area contributed by atoms with Gasteiger partial charge in [0, 0.05) is 48.8 Å². The van der Waals surface area contributed by atoms with Gasteiger partial charge in [-0.3, -0.25) is 0 Å². The molecule has 0 saturated carbocycles. The Labute approximate surface area is 581 Å². The van der Waals surface area contributed by atoms with Gasteiger partial charge in [-0.05, 0) is 200 Å². The summed E-state index contributed by atoms with van der Waals surface area (Å²) in [7, 11) is 0. The summed E-state index contributed by atoms with van der Waals surface area (Å²) in [5, 5.41) is 5.10. The lowest BCUT2D eigenvalue weighted by atomic mass is 9.62. The van der Waals surface area contributed by atoms with Gasteiger partial charge in [0.05, 0.1) is 0 Å². The number of hydrogen-bond donors (Lipinski definition) is 0. The molecule has 2 nitrogen and oxygen atoms in total. The summed E-state index contributed by atoms with van der Waals surface area (Å²) in [5.41, 5.74) is 34.4. The van der Waals surface area contributed by atoms with Gasteiger partial charge in [0.15, 0.2) is 0 Å². The summed E-state index contributed by atoms with van der Waals surface area (Å²) < 4.78 is 14.1. The molecule has 15 rings (SSSR count). The standard InChI is InChI=1S/C95H108O2/c1-11-15-19-23-33-52-94(53-34-24-20-16-12-2)75-43-30-27-40-68(75)88-90(94)89-86(87-71-42-29-32-45-82(71)97-91(87)88)69-48-46-64(57-80(69)95(89,54-35-25-21-17-13-3)55-36-26-22-18-14-4)56-66(58-72-62(5)38-37-39-63(72)6)65-47-49-67-73-60-79-74(61-78(73)93(9,10)77(67)59-65)84-76(92(79,7)8)50-51-83-85(84)70-41-28-31-44-81(70)96-83/h27-32,37-51,57,59-61,66H,11-26,33-36,52-56,58H2,1-10H3. The summed E-state index contributed by atoms with van der Waals surface area (Å²) in [4.78, 5) is 0. The molecule has 0 aliphatic heterocycles. The first-order valence-electron chi connectivity index (χ1n) is 38.9. The highest BCUT2D eigenvalue weighted by Crippen LogP contribution is 2.68. The fourth-order valence-electron chi connectivity index (χ4n) is 20.1. The van der Waals surface area contributed by atoms with Crippen molar-refractivity contribution in [3.8, 4) is 44.5 Å². The molecule has 2 heterocycles. The van der Waals surface area contributed by atoms with E-state index >= 15 is 0 Å². The second-order valence-electron chi connectivity index (χ2n) is 32.0. The summed E-state index contributed by atoms with van der Waals surface area (Å²) in [5.74, 6) is 0.249. The van der Waals surface area contributed by atoms with Crippen LogP contribution in [0.15, 0.2) is 160 Å². The van der Waals surface area contributed by atoms with Crippen LogP contribution in [0.5, 0.6) is 0 Å². The molecular formula is C95H108O2. The van der Waals surface area contributed by atoms with Crippen LogP contribution in [-0.2, 0) is 34.5 Å². The Balaban J connectivity index is 0.912. The molecule has 0 N–H and O–H groups in total. The van der Waals surface area contributed by atoms with E-state index in [9.17, 15) is 0 Å². The highest BCUT2D eigenvalue weighted by atomic mass is 16.3. The second kappa shape index (κ2) is 26.7. The number of rotatable bonds is 29. The molecule has 4 aliphatic rings. The first-order chi connectivity index (χ1) is 47.3. The van der Waals surface area contributed by atoms with E-state index in [-0.39, 0.29) is 27.6 Å². The van der Waals surface area contributed by atoms with Gasteiger partial charge in [-0.25, -0.2) is 0 Å². The molecule has 2 aromatic heterocycles. The lowest BCUT2D eigenvalue weighted by Crippen LogP contribution is -2.33. The van der Waals surface area contributed by atoms with Crippen LogP contribution in [-0.4, -0.2) is 0 Å². The SMILES string of the molecule is CCCCCCCC1(CCCCCCC)c2ccccc2-c2c1c1c(c3c2oc2ccccc23)-c2ccc(CC(Cc3c(C)cccc3C)c3ccc4c(c3)C(C)(C)c3cc5c(cc3-4)C(C)(C)c3ccc4oc6ccccc6c4c3-5)cc2C1(CCCCCCC)CCCCCCC. The van der Waals surface area contributed by atoms with E-state index in [1.165, 1.54) is 270 Å². The molecular weight excluding hydrogens is 1170 g/mol. The zero-order chi connectivity index (χ0) is 66.8. The van der Waals surface area contributed by atoms with Gasteiger partial charge in [0.2, 0.25) is 0 Å². The monoisotopic (exact) mass is 1280 g/mol. The van der Waals surface area contributed by atoms with Crippen molar-refractivity contribution in [2.75, 3.05) is 0 Å². The number of unbranched alkanes of at least 4 members (excludes halogenated alkanes) is 16. The Morgan fingerprint density at radius 2 is 0.845 bits per heavy atom. The Kier molecular flexibility index (Phi) is 18.0. The first-order valence-corrected chi connectivity index (χ1v) is 38.9. The molecule has 0 saturated heterocycles. The maximum atomic E-state index is 7.55. The van der Waals surface area contributed by atoms with Crippen molar-refractivity contribution in [2.45, 2.75) is 264 Å². The van der Waals surface area contributed by atoms with Crippen molar-refractivity contribution >= 4 is 43.9 Å². The van der Waals surface area contributed by atoms with E-state index in [4.69, 9.17) is 8.83 Å². The first kappa shape index (κ1) is 65.5. The fraction of sp³-hybridized carbons (Fsp3) is 0.432. The predicted molar refractivity (Wildman–Crippen MR) is 415 cm³/mol. The summed E-state index contributed by atoms with van der Waals surface area (Å²) in [6, 6.07) is 60.3. The van der Waals surface area contributed by atoms with Gasteiger partial charge in [0.1, 0.15) is 22.3 Å². The molecule has 1 atom stereocenters. The van der Waals surface area contributed by atoms with Crippen molar-refractivity contribution in [3.63, 3.8) is 0 Å². The van der Waals surface area contributed by atoms with Gasteiger partial charge in [-0.1, -0.05) is 305 Å². The highest BCUT2D eigenvalue weighted by Gasteiger charge is 2.54. The third kappa shape index (κ3) is 10.9. The van der Waals surface area contributed by atoms with Crippen LogP contribution in [0.2, 0.25) is 0 Å². The van der Waals surface area contributed by atoms with Crippen molar-refractivity contribution in [2.24, 2.45) is 0 Å². The smallest absolute Gasteiger partial charge is 0.144 e. The van der Waals surface area contributed by atoms with Crippen LogP contribution in [0.4, 0.5) is 0 Å². The Morgan fingerprint density at radius 1 is 0.340 bits per heavy atom. The molecule has 0 fully saturated rings. The topological polar surface area (TPSA) is 26.3 Å². The van der Waals surface area contributed by atoms with Crippen LogP contribution in [0, 0.1) is 13.8 Å². The summed E-state index contributed by atoms with van der Waals surface area (Å²) in [6.45, 7) is 24.1. The van der Waals surface area contributed by atoms with E-state index in [1.54, 1.807) is 22.3 Å². The zero-order valence-electron chi connectivity index (χ0n) is 60.7. The highest BCUT2D eigenvalue weighted by molar-refractivity contribution is 6.21. The van der Waals surface area contributed by atoms with E-state index in [2.05, 4.69) is 221 Å². The molecule has 500 valence electrons. The Morgan fingerprint density at radius 3 is 1.48 bits per heavy atom. The number of fused-ring (bicyclic) bond motifs is 22. The van der Waals surface area contributed by atoms with Crippen LogP contribution in [0.25, 0.3) is 88.4 Å². The molecule has 0 spiro atoms. The Hall–Kier alpha value is -7.42. The lowest BCUT2D eigenvalue weighted by Gasteiger charge is -2.40. The summed E-state index contributed by atoms with van der Waals surface area (Å²) in [6.07, 6.45) is 32.4. The number of benzene rings is 9. The second-order valence-corrected chi connectivity index (χ2v) is 32.0. The van der Waals surface area contributed by atoms with Crippen molar-refractivity contribution in [1.29, 1.82) is 0 Å². The van der Waals surface area contributed by atoms with Crippen molar-refractivity contribution in [1.82, 2.24) is 0 Å². The fourth-order valence-corrected chi connectivity index (χ4v) is 20.1. The molecule has 11 aromatic rings. The average Bonchev–Trinajstić information content (AvgIpc) is 1.50. The Bertz CT molecular complexity index is 4710. The number of hydrogen-bond acceptors (Lipinski definition) is 2. The minimum Gasteiger partial charge on any atom is -0.456 e. The molecule has 4 aliphatic carbocycles. The third-order valence-corrected chi connectivity index (χ3v) is 25.2. The van der Waals surface area contributed by atoms with Gasteiger partial charge >= 0.3 is 0 Å². The predicted octanol–water partition coefficient (Wildman–Crippen LogP) is 28.3. The quantitative estimate of drug-likeness (QED) is 0.0437. The number of para-hydroxylation sites is 2. The van der Waals surface area contributed by atoms with Crippen LogP contribution in [0.3, 0.4) is 0 Å². The van der Waals surface area contributed by atoms with Crippen LogP contribution >= 0.6 is 0 Å². The van der Waals surface area contributed by atoms with E-state index < -0.39 is 0 Å². The largest absolute Gasteiger partial charge is 0.456 e. The van der Waals surface area contributed by atoms with Gasteiger partial charge in [-0.15, -0.1) is 0 Å².